The third-order valence-corrected chi connectivity index (χ3v) is 9.18. The molecule has 0 amide bonds. The van der Waals surface area contributed by atoms with Crippen LogP contribution in [0, 0.1) is 6.92 Å². The minimum Gasteiger partial charge on any atom is -0.744 e. The molecule has 1 aliphatic rings. The summed E-state index contributed by atoms with van der Waals surface area (Å²) >= 11 is 0. The van der Waals surface area contributed by atoms with Crippen molar-refractivity contribution >= 4 is 60.1 Å². The molecule has 0 saturated heterocycles. The minimum absolute atomic E-state index is 0.178. The Labute approximate surface area is 257 Å². The van der Waals surface area contributed by atoms with Crippen LogP contribution in [0.1, 0.15) is 11.4 Å². The summed E-state index contributed by atoms with van der Waals surface area (Å²) in [4.78, 5) is 4.38. The molecule has 0 fully saturated rings. The van der Waals surface area contributed by atoms with Gasteiger partial charge in [-0.3, -0.25) is 0 Å². The second-order valence-corrected chi connectivity index (χ2v) is 12.4. The van der Waals surface area contributed by atoms with Gasteiger partial charge < -0.3 is 14.4 Å². The average Bonchev–Trinajstić information content (AvgIpc) is 3.41. The van der Waals surface area contributed by atoms with Crippen LogP contribution in [0.2, 0.25) is 0 Å². The second kappa shape index (κ2) is 11.3. The van der Waals surface area contributed by atoms with Crippen molar-refractivity contribution in [2.45, 2.75) is 11.8 Å². The molecule has 8 heteroatoms. The van der Waals surface area contributed by atoms with Gasteiger partial charge in [-0.1, -0.05) is 72.3 Å². The normalized spacial score (nSPS) is 14.2. The van der Waals surface area contributed by atoms with Crippen molar-refractivity contribution < 1.29 is 17.5 Å². The smallest absolute Gasteiger partial charge is 0.281 e. The number of rotatable bonds is 3. The zero-order valence-corrected chi connectivity index (χ0v) is 26.2. The quantitative estimate of drug-likeness (QED) is 0.168. The van der Waals surface area contributed by atoms with E-state index in [1.807, 2.05) is 6.92 Å². The zero-order valence-electron chi connectivity index (χ0n) is 25.4. The highest BCUT2D eigenvalue weighted by Crippen LogP contribution is 2.44. The number of hydrogen-bond donors (Lipinski definition) is 0. The molecule has 0 spiro atoms. The fourth-order valence-corrected chi connectivity index (χ4v) is 6.50. The number of imidazole rings is 1. The predicted octanol–water partition coefficient (Wildman–Crippen LogP) is 6.65. The summed E-state index contributed by atoms with van der Waals surface area (Å²) in [6.45, 7) is 1.82. The van der Waals surface area contributed by atoms with Crippen LogP contribution >= 0.6 is 0 Å². The van der Waals surface area contributed by atoms with Gasteiger partial charge in [0.05, 0.1) is 30.4 Å². The fraction of sp³-hybridized carbons (Fsp3) is 0.139. The van der Waals surface area contributed by atoms with Gasteiger partial charge in [0.25, 0.3) is 5.82 Å². The molecule has 0 N–H and O–H groups in total. The Bertz CT molecular complexity index is 2210. The number of allylic oxidation sites excluding steroid dienone is 2. The second-order valence-electron chi connectivity index (χ2n) is 11.1. The molecule has 5 aromatic carbocycles. The summed E-state index contributed by atoms with van der Waals surface area (Å²) in [5.74, 6) is 2.31. The Morgan fingerprint density at radius 2 is 1.36 bits per heavy atom. The maximum absolute atomic E-state index is 10.4. The summed E-state index contributed by atoms with van der Waals surface area (Å²) in [7, 11) is 4.31. The molecule has 0 saturated carbocycles. The third-order valence-electron chi connectivity index (χ3n) is 8.33. The van der Waals surface area contributed by atoms with E-state index in [-0.39, 0.29) is 4.90 Å². The van der Waals surface area contributed by atoms with E-state index in [9.17, 15) is 13.0 Å². The van der Waals surface area contributed by atoms with Crippen LogP contribution in [0.25, 0.3) is 38.7 Å². The van der Waals surface area contributed by atoms with Gasteiger partial charge in [-0.05, 0) is 60.2 Å². The zero-order chi connectivity index (χ0) is 31.2. The molecule has 0 aliphatic carbocycles. The Morgan fingerprint density at radius 1 is 0.750 bits per heavy atom. The molecule has 0 unspecified atom stereocenters. The number of aryl methyl sites for hydroxylation is 3. The molecule has 0 atom stereocenters. The lowest BCUT2D eigenvalue weighted by molar-refractivity contribution is -0.646. The van der Waals surface area contributed by atoms with E-state index in [0.29, 0.717) is 0 Å². The molecule has 2 heterocycles. The monoisotopic (exact) mass is 602 g/mol. The highest BCUT2D eigenvalue weighted by atomic mass is 32.2. The average molecular weight is 603 g/mol. The lowest BCUT2D eigenvalue weighted by Crippen LogP contribution is -2.30. The van der Waals surface area contributed by atoms with Crippen molar-refractivity contribution in [3.05, 3.63) is 126 Å². The van der Waals surface area contributed by atoms with Crippen molar-refractivity contribution in [3.63, 3.8) is 0 Å². The minimum atomic E-state index is -4.27. The van der Waals surface area contributed by atoms with E-state index in [1.54, 1.807) is 12.1 Å². The van der Waals surface area contributed by atoms with Crippen LogP contribution in [0.5, 0.6) is 0 Å². The van der Waals surface area contributed by atoms with Gasteiger partial charge in [-0.2, -0.15) is 0 Å². The van der Waals surface area contributed by atoms with Crippen LogP contribution in [0.4, 0.5) is 11.4 Å². The Hall–Kier alpha value is -4.92. The largest absolute Gasteiger partial charge is 0.744 e. The van der Waals surface area contributed by atoms with Crippen molar-refractivity contribution in [2.75, 3.05) is 23.9 Å². The van der Waals surface area contributed by atoms with Crippen molar-refractivity contribution in [3.8, 4) is 0 Å². The molecule has 0 bridgehead atoms. The fourth-order valence-electron chi connectivity index (χ4n) is 6.03. The first kappa shape index (κ1) is 29.2. The number of aromatic nitrogens is 2. The van der Waals surface area contributed by atoms with Gasteiger partial charge in [0, 0.05) is 30.9 Å². The van der Waals surface area contributed by atoms with Crippen molar-refractivity contribution in [1.29, 1.82) is 0 Å². The topological polar surface area (TPSA) is 72.5 Å². The van der Waals surface area contributed by atoms with Gasteiger partial charge in [0.1, 0.15) is 15.9 Å². The summed E-state index contributed by atoms with van der Waals surface area (Å²) in [6, 6.07) is 31.8. The predicted molar refractivity (Wildman–Crippen MR) is 179 cm³/mol. The Morgan fingerprint density at radius 3 is 2.05 bits per heavy atom. The molecule has 0 radical (unpaired) electrons. The van der Waals surface area contributed by atoms with Crippen LogP contribution in [0.3, 0.4) is 0 Å². The number of fused-ring (bicyclic) bond motifs is 6. The lowest BCUT2D eigenvalue weighted by Gasteiger charge is -2.17. The molecule has 6 aromatic rings. The summed E-state index contributed by atoms with van der Waals surface area (Å²) in [5.41, 5.74) is 5.92. The van der Waals surface area contributed by atoms with Crippen molar-refractivity contribution in [1.82, 2.24) is 4.57 Å². The maximum Gasteiger partial charge on any atom is 0.281 e. The number of anilines is 2. The summed E-state index contributed by atoms with van der Waals surface area (Å²) < 4.78 is 35.7. The molecule has 1 aromatic heterocycles. The molecule has 222 valence electrons. The lowest BCUT2D eigenvalue weighted by atomic mass is 10.1. The van der Waals surface area contributed by atoms with E-state index in [2.05, 4.69) is 138 Å². The van der Waals surface area contributed by atoms with E-state index < -0.39 is 10.1 Å². The first-order chi connectivity index (χ1) is 21.1. The Balaban J connectivity index is 0.000000265. The molecule has 1 aliphatic heterocycles. The first-order valence-electron chi connectivity index (χ1n) is 14.3. The molecule has 7 rings (SSSR count). The molecule has 44 heavy (non-hydrogen) atoms. The van der Waals surface area contributed by atoms with E-state index in [1.165, 1.54) is 56.1 Å². The van der Waals surface area contributed by atoms with Gasteiger partial charge in [-0.25, -0.2) is 17.6 Å². The van der Waals surface area contributed by atoms with Gasteiger partial charge in [0.2, 0.25) is 0 Å². The highest BCUT2D eigenvalue weighted by Gasteiger charge is 2.27. The van der Waals surface area contributed by atoms with E-state index in [0.717, 1.165) is 17.2 Å². The van der Waals surface area contributed by atoms with Gasteiger partial charge >= 0.3 is 0 Å². The Kier molecular flexibility index (Phi) is 7.49. The third kappa shape index (κ3) is 5.12. The molecule has 7 nitrogen and oxygen atoms in total. The van der Waals surface area contributed by atoms with Crippen LogP contribution in [-0.2, 0) is 24.2 Å². The SMILES string of the molecule is CN1C(=CC=Cc2n(C)c3ccc4ccccc4c3[n+]2C)N(C)c2c1ccc1ccccc21.Cc1ccc(S(=O)(=O)[O-])cc1. The summed E-state index contributed by atoms with van der Waals surface area (Å²) in [5, 5.41) is 5.10. The van der Waals surface area contributed by atoms with E-state index >= 15 is 0 Å². The number of nitrogens with zero attached hydrogens (tertiary/aromatic N) is 4. The molecular formula is C36H34N4O3S. The number of benzene rings is 5. The van der Waals surface area contributed by atoms with Crippen LogP contribution in [0.15, 0.2) is 120 Å². The van der Waals surface area contributed by atoms with Gasteiger partial charge in [0.15, 0.2) is 11.0 Å². The molecular weight excluding hydrogens is 568 g/mol. The standard InChI is InChI=1S/C29H27N4.C7H8O3S/c1-30-24-18-16-20-10-5-7-12-22(20)28(24)32(3)26(30)14-9-15-27-31(2)25-19-17-21-11-6-8-13-23(21)29(25)33(27)4;1-6-2-4-7(5-3-6)11(8,9)10/h5-19H,1-4H3;2-5H,1H3,(H,8,9,10)/q+1;/p-1. The number of hydrogen-bond acceptors (Lipinski definition) is 5. The van der Waals surface area contributed by atoms with E-state index in [4.69, 9.17) is 0 Å². The van der Waals surface area contributed by atoms with Gasteiger partial charge in [-0.15, -0.1) is 0 Å². The summed E-state index contributed by atoms with van der Waals surface area (Å²) in [6.07, 6.45) is 6.56. The first-order valence-corrected chi connectivity index (χ1v) is 15.7. The van der Waals surface area contributed by atoms with Crippen LogP contribution in [-0.4, -0.2) is 31.6 Å². The maximum atomic E-state index is 10.4. The van der Waals surface area contributed by atoms with Crippen molar-refractivity contribution in [2.24, 2.45) is 14.1 Å². The highest BCUT2D eigenvalue weighted by molar-refractivity contribution is 7.85. The van der Waals surface area contributed by atoms with Crippen LogP contribution < -0.4 is 14.4 Å².